The number of carbonyl (C=O) groups is 2. The van der Waals surface area contributed by atoms with Crippen molar-refractivity contribution in [2.45, 2.75) is 45.1 Å². The molecule has 0 aromatic carbocycles. The fourth-order valence-electron chi connectivity index (χ4n) is 1.85. The van der Waals surface area contributed by atoms with Gasteiger partial charge in [-0.1, -0.05) is 13.8 Å². The Morgan fingerprint density at radius 1 is 1.24 bits per heavy atom. The highest BCUT2D eigenvalue weighted by Gasteiger charge is 2.56. The summed E-state index contributed by atoms with van der Waals surface area (Å²) in [6, 6.07) is 0. The Hall–Kier alpha value is -1.10. The van der Waals surface area contributed by atoms with Crippen LogP contribution in [0.1, 0.15) is 39.5 Å². The first-order chi connectivity index (χ1) is 7.94. The third kappa shape index (κ3) is 2.77. The van der Waals surface area contributed by atoms with Gasteiger partial charge in [0.2, 0.25) is 11.8 Å². The molecular weight excluding hydrogens is 218 g/mol. The van der Waals surface area contributed by atoms with E-state index in [4.69, 9.17) is 5.73 Å². The molecule has 1 aliphatic carbocycles. The molecule has 1 rings (SSSR count). The molecule has 0 unspecified atom stereocenters. The number of amides is 2. The van der Waals surface area contributed by atoms with E-state index in [9.17, 15) is 9.59 Å². The van der Waals surface area contributed by atoms with Gasteiger partial charge in [0.05, 0.1) is 0 Å². The third-order valence-electron chi connectivity index (χ3n) is 3.86. The number of hydrogen-bond acceptors (Lipinski definition) is 3. The summed E-state index contributed by atoms with van der Waals surface area (Å²) < 4.78 is 0. The number of carbonyl (C=O) groups excluding carboxylic acids is 2. The predicted octanol–water partition coefficient (Wildman–Crippen LogP) is 0.146. The second kappa shape index (κ2) is 5.04. The van der Waals surface area contributed by atoms with E-state index in [0.29, 0.717) is 19.4 Å². The van der Waals surface area contributed by atoms with Crippen LogP contribution in [0.15, 0.2) is 0 Å². The molecule has 0 heterocycles. The monoisotopic (exact) mass is 241 g/mol. The minimum atomic E-state index is -0.822. The van der Waals surface area contributed by atoms with E-state index in [1.807, 2.05) is 13.8 Å². The van der Waals surface area contributed by atoms with Gasteiger partial charge in [-0.2, -0.15) is 0 Å². The first-order valence-corrected chi connectivity index (χ1v) is 6.23. The van der Waals surface area contributed by atoms with E-state index in [1.165, 1.54) is 0 Å². The summed E-state index contributed by atoms with van der Waals surface area (Å²) in [5, 5.41) is 5.36. The molecule has 1 saturated carbocycles. The van der Waals surface area contributed by atoms with Crippen LogP contribution in [0.4, 0.5) is 0 Å². The molecular formula is C12H23N3O2. The van der Waals surface area contributed by atoms with E-state index in [2.05, 4.69) is 10.6 Å². The van der Waals surface area contributed by atoms with Gasteiger partial charge in [0.1, 0.15) is 5.41 Å². The maximum absolute atomic E-state index is 12.0. The zero-order chi connectivity index (χ0) is 13.1. The second-order valence-electron chi connectivity index (χ2n) is 4.91. The van der Waals surface area contributed by atoms with E-state index >= 15 is 0 Å². The average molecular weight is 241 g/mol. The van der Waals surface area contributed by atoms with Gasteiger partial charge >= 0.3 is 0 Å². The molecule has 0 atom stereocenters. The molecule has 98 valence electrons. The standard InChI is InChI=1S/C12H23N3O2/c1-4-11(13,5-2)8-15-10(17)12(6-7-12)9(16)14-3/h4-8,13H2,1-3H3,(H,14,16)(H,15,17). The first-order valence-electron chi connectivity index (χ1n) is 6.23. The van der Waals surface area contributed by atoms with E-state index in [0.717, 1.165) is 12.8 Å². The zero-order valence-electron chi connectivity index (χ0n) is 10.9. The van der Waals surface area contributed by atoms with Crippen molar-refractivity contribution in [2.24, 2.45) is 11.1 Å². The fourth-order valence-corrected chi connectivity index (χ4v) is 1.85. The van der Waals surface area contributed by atoms with Crippen LogP contribution in [-0.2, 0) is 9.59 Å². The number of nitrogens with one attached hydrogen (secondary N) is 2. The highest BCUT2D eigenvalue weighted by atomic mass is 16.2. The SMILES string of the molecule is CCC(N)(CC)CNC(=O)C1(C(=O)NC)CC1. The summed E-state index contributed by atoms with van der Waals surface area (Å²) in [7, 11) is 1.56. The van der Waals surface area contributed by atoms with Gasteiger partial charge in [0.25, 0.3) is 0 Å². The lowest BCUT2D eigenvalue weighted by molar-refractivity contribution is -0.137. The maximum atomic E-state index is 12.0. The Kier molecular flexibility index (Phi) is 4.14. The second-order valence-corrected chi connectivity index (χ2v) is 4.91. The predicted molar refractivity (Wildman–Crippen MR) is 66.2 cm³/mol. The summed E-state index contributed by atoms with van der Waals surface area (Å²) in [5.74, 6) is -0.376. The highest BCUT2D eigenvalue weighted by Crippen LogP contribution is 2.46. The summed E-state index contributed by atoms with van der Waals surface area (Å²) >= 11 is 0. The third-order valence-corrected chi connectivity index (χ3v) is 3.86. The fraction of sp³-hybridized carbons (Fsp3) is 0.833. The summed E-state index contributed by atoms with van der Waals surface area (Å²) in [6.07, 6.45) is 2.87. The van der Waals surface area contributed by atoms with Gasteiger partial charge in [-0.3, -0.25) is 9.59 Å². The number of nitrogens with two attached hydrogens (primary N) is 1. The average Bonchev–Trinajstić information content (AvgIpc) is 3.16. The quantitative estimate of drug-likeness (QED) is 0.579. The van der Waals surface area contributed by atoms with Crippen molar-refractivity contribution >= 4 is 11.8 Å². The van der Waals surface area contributed by atoms with Crippen LogP contribution in [0.5, 0.6) is 0 Å². The van der Waals surface area contributed by atoms with Crippen LogP contribution in [0.2, 0.25) is 0 Å². The van der Waals surface area contributed by atoms with Crippen LogP contribution >= 0.6 is 0 Å². The Morgan fingerprint density at radius 2 is 1.76 bits per heavy atom. The summed E-state index contributed by atoms with van der Waals surface area (Å²) in [5.41, 5.74) is 4.91. The molecule has 0 bridgehead atoms. The highest BCUT2D eigenvalue weighted by molar-refractivity contribution is 6.07. The van der Waals surface area contributed by atoms with E-state index in [1.54, 1.807) is 7.05 Å². The van der Waals surface area contributed by atoms with Gasteiger partial charge < -0.3 is 16.4 Å². The number of hydrogen-bond donors (Lipinski definition) is 3. The molecule has 0 aliphatic heterocycles. The van der Waals surface area contributed by atoms with Crippen molar-refractivity contribution < 1.29 is 9.59 Å². The van der Waals surface area contributed by atoms with Crippen LogP contribution in [0.25, 0.3) is 0 Å². The van der Waals surface area contributed by atoms with Crippen LogP contribution < -0.4 is 16.4 Å². The minimum absolute atomic E-state index is 0.187. The Balaban J connectivity index is 2.54. The Labute approximate surface area is 103 Å². The smallest absolute Gasteiger partial charge is 0.235 e. The normalized spacial score (nSPS) is 17.4. The largest absolute Gasteiger partial charge is 0.358 e. The van der Waals surface area contributed by atoms with E-state index in [-0.39, 0.29) is 17.4 Å². The van der Waals surface area contributed by atoms with Gasteiger partial charge in [-0.15, -0.1) is 0 Å². The van der Waals surface area contributed by atoms with Crippen molar-refractivity contribution in [1.29, 1.82) is 0 Å². The topological polar surface area (TPSA) is 84.2 Å². The molecule has 0 radical (unpaired) electrons. The van der Waals surface area contributed by atoms with Crippen LogP contribution in [0, 0.1) is 5.41 Å². The van der Waals surface area contributed by atoms with Gasteiger partial charge in [0, 0.05) is 19.1 Å². The molecule has 5 heteroatoms. The summed E-state index contributed by atoms with van der Waals surface area (Å²) in [4.78, 5) is 23.6. The number of rotatable bonds is 6. The molecule has 2 amide bonds. The van der Waals surface area contributed by atoms with Crippen molar-refractivity contribution in [3.05, 3.63) is 0 Å². The Morgan fingerprint density at radius 3 is 2.12 bits per heavy atom. The molecule has 4 N–H and O–H groups in total. The lowest BCUT2D eigenvalue weighted by atomic mass is 9.93. The maximum Gasteiger partial charge on any atom is 0.235 e. The van der Waals surface area contributed by atoms with Crippen molar-refractivity contribution in [3.8, 4) is 0 Å². The van der Waals surface area contributed by atoms with Gasteiger partial charge in [0.15, 0.2) is 0 Å². The summed E-state index contributed by atoms with van der Waals surface area (Å²) in [6.45, 7) is 4.43. The zero-order valence-corrected chi connectivity index (χ0v) is 10.9. The molecule has 0 saturated heterocycles. The molecule has 0 aromatic heterocycles. The lowest BCUT2D eigenvalue weighted by Gasteiger charge is -2.27. The Bertz CT molecular complexity index is 307. The molecule has 17 heavy (non-hydrogen) atoms. The van der Waals surface area contributed by atoms with Crippen molar-refractivity contribution in [1.82, 2.24) is 10.6 Å². The van der Waals surface area contributed by atoms with Gasteiger partial charge in [-0.05, 0) is 25.7 Å². The van der Waals surface area contributed by atoms with Gasteiger partial charge in [-0.25, -0.2) is 0 Å². The molecule has 1 aliphatic rings. The first kappa shape index (κ1) is 14.0. The van der Waals surface area contributed by atoms with E-state index < -0.39 is 5.41 Å². The minimum Gasteiger partial charge on any atom is -0.358 e. The molecule has 0 aromatic rings. The van der Waals surface area contributed by atoms with Crippen LogP contribution in [0.3, 0.4) is 0 Å². The molecule has 1 fully saturated rings. The van der Waals surface area contributed by atoms with Crippen molar-refractivity contribution in [3.63, 3.8) is 0 Å². The van der Waals surface area contributed by atoms with Crippen molar-refractivity contribution in [2.75, 3.05) is 13.6 Å². The van der Waals surface area contributed by atoms with Crippen LogP contribution in [-0.4, -0.2) is 30.9 Å². The molecule has 5 nitrogen and oxygen atoms in total. The lowest BCUT2D eigenvalue weighted by Crippen LogP contribution is -2.52. The molecule has 0 spiro atoms.